The van der Waals surface area contributed by atoms with E-state index in [9.17, 15) is 0 Å². The van der Waals surface area contributed by atoms with Crippen LogP contribution in [0.2, 0.25) is 58.9 Å². The van der Waals surface area contributed by atoms with E-state index in [0.29, 0.717) is 0 Å². The van der Waals surface area contributed by atoms with E-state index in [1.54, 1.807) is 0 Å². The quantitative estimate of drug-likeness (QED) is 0.429. The van der Waals surface area contributed by atoms with Gasteiger partial charge < -0.3 is 4.74 Å². The summed E-state index contributed by atoms with van der Waals surface area (Å²) in [5, 5.41) is 0. The first-order valence-electron chi connectivity index (χ1n) is 11.7. The first-order valence-corrected chi connectivity index (χ1v) is 29.1. The Labute approximate surface area is 205 Å². The summed E-state index contributed by atoms with van der Waals surface area (Å²) >= 11 is -0.392. The van der Waals surface area contributed by atoms with Crippen molar-refractivity contribution >= 4 is 55.8 Å². The Bertz CT molecular complexity index is 637. The zero-order valence-electron chi connectivity index (χ0n) is 21.6. The summed E-state index contributed by atoms with van der Waals surface area (Å²) in [6.07, 6.45) is 2.56. The Hall–Kier alpha value is -0.0961. The van der Waals surface area contributed by atoms with E-state index in [-0.39, 0.29) is 7.35 Å². The van der Waals surface area contributed by atoms with Gasteiger partial charge in [-0.15, -0.1) is 0 Å². The van der Waals surface area contributed by atoms with E-state index in [4.69, 9.17) is 4.74 Å². The molecule has 0 aliphatic carbocycles. The van der Waals surface area contributed by atoms with Crippen LogP contribution < -0.4 is 8.24 Å². The zero-order chi connectivity index (χ0) is 23.5. The second-order valence-electron chi connectivity index (χ2n) is 11.4. The van der Waals surface area contributed by atoms with E-state index in [1.807, 2.05) is 0 Å². The molecule has 0 unspecified atom stereocenters. The fraction of sp³-hybridized carbons (Fsp3) is 0.520. The molecule has 2 radical (unpaired) electrons. The molecule has 31 heavy (non-hydrogen) atoms. The van der Waals surface area contributed by atoms with Crippen molar-refractivity contribution in [2.75, 3.05) is 13.2 Å². The van der Waals surface area contributed by atoms with Crippen molar-refractivity contribution in [3.05, 3.63) is 60.7 Å². The van der Waals surface area contributed by atoms with Gasteiger partial charge in [0.15, 0.2) is 0 Å². The number of hydrogen-bond acceptors (Lipinski definition) is 1. The maximum atomic E-state index is 4.94. The zero-order valence-corrected chi connectivity index (χ0v) is 28.0. The summed E-state index contributed by atoms with van der Waals surface area (Å²) in [7, 11) is -2.47. The molecule has 0 atom stereocenters. The van der Waals surface area contributed by atoms with Gasteiger partial charge in [-0.1, -0.05) is 58.9 Å². The first kappa shape index (κ1) is 28.9. The second-order valence-corrected chi connectivity index (χ2v) is 51.6. The Morgan fingerprint density at radius 2 is 0.903 bits per heavy atom. The number of hydrogen-bond donors (Lipinski definition) is 0. The maximum absolute atomic E-state index is 4.94. The van der Waals surface area contributed by atoms with Crippen molar-refractivity contribution in [3.8, 4) is 0 Å². The minimum atomic E-state index is -0.832. The number of benzene rings is 2. The van der Waals surface area contributed by atoms with Crippen molar-refractivity contribution in [2.24, 2.45) is 0 Å². The van der Waals surface area contributed by atoms with Gasteiger partial charge in [-0.05, 0) is 12.8 Å². The van der Waals surface area contributed by atoms with E-state index in [0.717, 1.165) is 13.2 Å². The van der Waals surface area contributed by atoms with Crippen molar-refractivity contribution in [1.82, 2.24) is 0 Å². The van der Waals surface area contributed by atoms with Crippen LogP contribution in [0, 0.1) is 0 Å². The van der Waals surface area contributed by atoms with Crippen molar-refractivity contribution in [3.63, 3.8) is 0 Å². The average molecular weight is 544 g/mol. The SMILES string of the molecule is C1CCOC1.C[Si](C)(C)[Si]([Si](C)(C)C)[Si](C)(C)C.c1cc[c]([Ga][c]2ccccc2)cc1. The minimum absolute atomic E-state index is 0.0255. The molecule has 6 heteroatoms. The molecule has 1 aliphatic heterocycles. The standard InChI is InChI=1S/C9H27Si4.2C6H5.C4H8O.Ga/c1-11(2,3)10(12(4,5)6)13(7,8)9;2*1-2-4-6-5-3-1;1-2-4-5-3-1;/h1-9H3;2*1-5H;1-4H2;. The molecule has 2 aromatic carbocycles. The Morgan fingerprint density at radius 1 is 0.581 bits per heavy atom. The van der Waals surface area contributed by atoms with Crippen LogP contribution in [0.15, 0.2) is 60.7 Å². The normalized spacial score (nSPS) is 14.3. The van der Waals surface area contributed by atoms with Crippen molar-refractivity contribution in [1.29, 1.82) is 0 Å². The molecule has 3 rings (SSSR count). The van der Waals surface area contributed by atoms with Crippen LogP contribution in [-0.4, -0.2) is 60.7 Å². The molecule has 1 nitrogen and oxygen atoms in total. The van der Waals surface area contributed by atoms with Crippen LogP contribution in [0.25, 0.3) is 0 Å². The molecule has 1 heterocycles. The van der Waals surface area contributed by atoms with E-state index in [1.165, 1.54) is 21.1 Å². The topological polar surface area (TPSA) is 9.23 Å². The Kier molecular flexibility index (Phi) is 12.7. The van der Waals surface area contributed by atoms with Gasteiger partial charge in [-0.25, -0.2) is 0 Å². The molecule has 2 aromatic rings. The van der Waals surface area contributed by atoms with E-state index < -0.39 is 40.2 Å². The molecule has 1 aliphatic rings. The molecule has 0 bridgehead atoms. The molecular weight excluding hydrogens is 498 g/mol. The van der Waals surface area contributed by atoms with Crippen LogP contribution in [-0.2, 0) is 4.74 Å². The number of rotatable bonds is 5. The third kappa shape index (κ3) is 12.6. The predicted molar refractivity (Wildman–Crippen MR) is 154 cm³/mol. The Morgan fingerprint density at radius 3 is 1.10 bits per heavy atom. The molecule has 1 fully saturated rings. The summed E-state index contributed by atoms with van der Waals surface area (Å²) in [4.78, 5) is 0. The average Bonchev–Trinajstić information content (AvgIpc) is 3.20. The molecular formula is C25H45GaOSi4. The fourth-order valence-corrected chi connectivity index (χ4v) is 95.5. The van der Waals surface area contributed by atoms with Gasteiger partial charge in [0.05, 0.1) is 0 Å². The van der Waals surface area contributed by atoms with Crippen LogP contribution in [0.3, 0.4) is 0 Å². The van der Waals surface area contributed by atoms with Crippen molar-refractivity contribution < 1.29 is 4.74 Å². The van der Waals surface area contributed by atoms with Crippen LogP contribution in [0.4, 0.5) is 0 Å². The predicted octanol–water partition coefficient (Wildman–Crippen LogP) is 5.87. The summed E-state index contributed by atoms with van der Waals surface area (Å²) in [5.41, 5.74) is 0. The summed E-state index contributed by atoms with van der Waals surface area (Å²) < 4.78 is 8.00. The fourth-order valence-electron chi connectivity index (χ4n) is 5.18. The monoisotopic (exact) mass is 542 g/mol. The van der Waals surface area contributed by atoms with Gasteiger partial charge in [-0.2, -0.15) is 0 Å². The van der Waals surface area contributed by atoms with Gasteiger partial charge in [-0.3, -0.25) is 0 Å². The van der Waals surface area contributed by atoms with Crippen LogP contribution in [0.5, 0.6) is 0 Å². The summed E-state index contributed by atoms with van der Waals surface area (Å²) in [6.45, 7) is 25.5. The van der Waals surface area contributed by atoms with Gasteiger partial charge in [0, 0.05) is 43.3 Å². The van der Waals surface area contributed by atoms with Gasteiger partial charge >= 0.3 is 86.3 Å². The van der Waals surface area contributed by atoms with Gasteiger partial charge in [0.1, 0.15) is 0 Å². The van der Waals surface area contributed by atoms with E-state index in [2.05, 4.69) is 120 Å². The van der Waals surface area contributed by atoms with Crippen molar-refractivity contribution in [2.45, 2.75) is 71.8 Å². The molecule has 0 amide bonds. The molecule has 170 valence electrons. The second kappa shape index (κ2) is 13.6. The van der Waals surface area contributed by atoms with Gasteiger partial charge in [0.2, 0.25) is 0 Å². The molecule has 0 spiro atoms. The summed E-state index contributed by atoms with van der Waals surface area (Å²) in [5.74, 6) is 0. The Balaban J connectivity index is 0.000000254. The molecule has 0 N–H and O–H groups in total. The van der Waals surface area contributed by atoms with E-state index >= 15 is 0 Å². The molecule has 0 aromatic heterocycles. The van der Waals surface area contributed by atoms with Gasteiger partial charge in [0.25, 0.3) is 0 Å². The first-order chi connectivity index (χ1) is 14.3. The third-order valence-corrected chi connectivity index (χ3v) is 66.5. The van der Waals surface area contributed by atoms with Crippen LogP contribution >= 0.6 is 0 Å². The third-order valence-electron chi connectivity index (χ3n) is 5.01. The molecule has 0 saturated carbocycles. The van der Waals surface area contributed by atoms with Crippen LogP contribution in [0.1, 0.15) is 12.8 Å². The molecule has 1 saturated heterocycles. The number of ether oxygens (including phenoxy) is 1. The summed E-state index contributed by atoms with van der Waals surface area (Å²) in [6, 6.07) is 21.5.